The molecule has 7 aromatic rings. The summed E-state index contributed by atoms with van der Waals surface area (Å²) in [5, 5.41) is 5.13. The molecule has 0 saturated carbocycles. The van der Waals surface area contributed by atoms with Gasteiger partial charge in [0.2, 0.25) is 0 Å². The lowest BCUT2D eigenvalue weighted by Gasteiger charge is -2.49. The molecule has 0 fully saturated rings. The topological polar surface area (TPSA) is 6.48 Å². The Labute approximate surface area is 254 Å². The van der Waals surface area contributed by atoms with Crippen LogP contribution < -0.4 is 8.61 Å². The first-order valence-electron chi connectivity index (χ1n) is 14.9. The van der Waals surface area contributed by atoms with Crippen molar-refractivity contribution in [1.82, 2.24) is 0 Å². The lowest BCUT2D eigenvalue weighted by molar-refractivity contribution is 1.34. The molecule has 2 aliphatic rings. The van der Waals surface area contributed by atoms with E-state index in [1.54, 1.807) is 0 Å². The number of anilines is 4. The summed E-state index contributed by atoms with van der Waals surface area (Å²) in [6.45, 7) is 4.35. The minimum Gasteiger partial charge on any atom is -0.276 e. The molecule has 0 aromatic heterocycles. The third-order valence-electron chi connectivity index (χ3n) is 9.03. The van der Waals surface area contributed by atoms with Gasteiger partial charge >= 0.3 is 0 Å². The molecule has 2 aliphatic heterocycles. The Morgan fingerprint density at radius 2 is 0.721 bits per heavy atom. The van der Waals surface area contributed by atoms with Crippen molar-refractivity contribution in [1.29, 1.82) is 0 Å². The minimum atomic E-state index is -2.03. The average molecular weight is 571 g/mol. The van der Waals surface area contributed by atoms with Crippen LogP contribution in [-0.4, -0.2) is 0 Å². The van der Waals surface area contributed by atoms with Gasteiger partial charge in [0.15, 0.2) is 0 Å². The van der Waals surface area contributed by atoms with Crippen LogP contribution in [0.4, 0.5) is 22.7 Å². The lowest BCUT2D eigenvalue weighted by Crippen LogP contribution is -2.28. The first-order chi connectivity index (χ1) is 21.2. The molecular formula is C40H30N2S. The number of hydrogen-bond acceptors (Lipinski definition) is 2. The molecule has 3 heteroatoms. The summed E-state index contributed by atoms with van der Waals surface area (Å²) in [4.78, 5) is 2.75. The van der Waals surface area contributed by atoms with Crippen molar-refractivity contribution < 1.29 is 0 Å². The van der Waals surface area contributed by atoms with E-state index in [-0.39, 0.29) is 0 Å². The molecule has 0 N–H and O–H groups in total. The zero-order chi connectivity index (χ0) is 28.7. The zero-order valence-corrected chi connectivity index (χ0v) is 25.0. The van der Waals surface area contributed by atoms with Gasteiger partial charge < -0.3 is 0 Å². The van der Waals surface area contributed by atoms with E-state index in [1.807, 2.05) is 0 Å². The second-order valence-corrected chi connectivity index (χ2v) is 14.3. The van der Waals surface area contributed by atoms with Gasteiger partial charge in [-0.2, -0.15) is 0 Å². The Morgan fingerprint density at radius 3 is 1.14 bits per heavy atom. The normalized spacial score (nSPS) is 15.1. The zero-order valence-electron chi connectivity index (χ0n) is 24.2. The maximum atomic E-state index is 2.72. The molecule has 2 nitrogen and oxygen atoms in total. The molecule has 1 spiro atoms. The van der Waals surface area contributed by atoms with E-state index in [2.05, 4.69) is 168 Å². The SMILES string of the molecule is Cc1ccc(N2c3c(c4ccccc4c4ccccc34)N(c3ccc(C)cc3)S23c2ccccc2-c2ccccc23)cc1. The van der Waals surface area contributed by atoms with Gasteiger partial charge in [-0.15, -0.1) is 0 Å². The van der Waals surface area contributed by atoms with Gasteiger partial charge in [0, 0.05) is 20.6 Å². The number of fused-ring (bicyclic) bond motifs is 11. The first kappa shape index (κ1) is 24.6. The monoisotopic (exact) mass is 570 g/mol. The Morgan fingerprint density at radius 1 is 0.372 bits per heavy atom. The fourth-order valence-electron chi connectivity index (χ4n) is 7.17. The number of benzene rings is 7. The molecule has 206 valence electrons. The summed E-state index contributed by atoms with van der Waals surface area (Å²) in [7, 11) is -2.03. The van der Waals surface area contributed by atoms with Gasteiger partial charge in [0.25, 0.3) is 0 Å². The van der Waals surface area contributed by atoms with Gasteiger partial charge in [-0.1, -0.05) is 120 Å². The van der Waals surface area contributed by atoms with Gasteiger partial charge in [0.1, 0.15) is 0 Å². The lowest BCUT2D eigenvalue weighted by atomic mass is 9.97. The van der Waals surface area contributed by atoms with Crippen LogP contribution in [0, 0.1) is 13.8 Å². The predicted molar refractivity (Wildman–Crippen MR) is 184 cm³/mol. The van der Waals surface area contributed by atoms with Crippen LogP contribution in [0.5, 0.6) is 0 Å². The number of aryl methyl sites for hydroxylation is 2. The Bertz CT molecular complexity index is 2060. The van der Waals surface area contributed by atoms with Crippen molar-refractivity contribution in [2.45, 2.75) is 23.6 Å². The fraction of sp³-hybridized carbons (Fsp3) is 0.0500. The molecule has 0 saturated heterocycles. The van der Waals surface area contributed by atoms with Gasteiger partial charge in [-0.25, -0.2) is 0 Å². The molecule has 0 atom stereocenters. The molecule has 0 radical (unpaired) electrons. The van der Waals surface area contributed by atoms with E-state index in [1.165, 1.54) is 76.3 Å². The van der Waals surface area contributed by atoms with Crippen molar-refractivity contribution >= 4 is 54.7 Å². The summed E-state index contributed by atoms with van der Waals surface area (Å²) < 4.78 is 5.45. The highest BCUT2D eigenvalue weighted by Crippen LogP contribution is 2.84. The Hall–Kier alpha value is -4.99. The second kappa shape index (κ2) is 9.00. The third kappa shape index (κ3) is 3.20. The summed E-state index contributed by atoms with van der Waals surface area (Å²) >= 11 is 0. The van der Waals surface area contributed by atoms with Crippen LogP contribution in [0.3, 0.4) is 0 Å². The van der Waals surface area contributed by atoms with Crippen molar-refractivity contribution in [3.05, 3.63) is 157 Å². The maximum absolute atomic E-state index is 2.72. The van der Waals surface area contributed by atoms with E-state index >= 15 is 0 Å². The van der Waals surface area contributed by atoms with Crippen LogP contribution >= 0.6 is 10.4 Å². The van der Waals surface area contributed by atoms with Crippen LogP contribution in [-0.2, 0) is 0 Å². The third-order valence-corrected chi connectivity index (χ3v) is 12.8. The van der Waals surface area contributed by atoms with Crippen molar-refractivity contribution in [2.24, 2.45) is 0 Å². The van der Waals surface area contributed by atoms with Gasteiger partial charge in [-0.05, 0) is 82.5 Å². The Kier molecular flexibility index (Phi) is 5.15. The van der Waals surface area contributed by atoms with E-state index in [0.717, 1.165) is 0 Å². The standard InChI is InChI=1S/C40H30N2S/c1-27-19-23-29(24-20-27)41-39-35-15-5-3-11-31(35)32-12-4-6-16-36(32)40(39)42(30-25-21-28(2)22-26-30)43(41)37-17-9-7-13-33(37)34-14-8-10-18-38(34)43/h3-26H,1-2H3. The van der Waals surface area contributed by atoms with Gasteiger partial charge in [0.05, 0.1) is 22.7 Å². The van der Waals surface area contributed by atoms with Crippen LogP contribution in [0.2, 0.25) is 0 Å². The predicted octanol–water partition coefficient (Wildman–Crippen LogP) is 11.6. The van der Waals surface area contributed by atoms with Crippen LogP contribution in [0.1, 0.15) is 11.1 Å². The van der Waals surface area contributed by atoms with E-state index in [4.69, 9.17) is 0 Å². The highest BCUT2D eigenvalue weighted by atomic mass is 32.3. The number of nitrogens with zero attached hydrogens (tertiary/aromatic N) is 2. The molecule has 2 heterocycles. The molecular weight excluding hydrogens is 541 g/mol. The number of rotatable bonds is 2. The molecule has 0 aliphatic carbocycles. The highest BCUT2D eigenvalue weighted by molar-refractivity contribution is 8.37. The van der Waals surface area contributed by atoms with Crippen molar-refractivity contribution in [2.75, 3.05) is 8.61 Å². The second-order valence-electron chi connectivity index (χ2n) is 11.6. The minimum absolute atomic E-state index is 1.21. The summed E-state index contributed by atoms with van der Waals surface area (Å²) in [6, 6.07) is 54.5. The molecule has 0 unspecified atom stereocenters. The van der Waals surface area contributed by atoms with E-state index in [9.17, 15) is 0 Å². The quantitative estimate of drug-likeness (QED) is 0.191. The van der Waals surface area contributed by atoms with Gasteiger partial charge in [-0.3, -0.25) is 8.61 Å². The first-order valence-corrected chi connectivity index (χ1v) is 16.4. The maximum Gasteiger partial charge on any atom is 0.0862 e. The van der Waals surface area contributed by atoms with Crippen molar-refractivity contribution in [3.8, 4) is 11.1 Å². The van der Waals surface area contributed by atoms with E-state index < -0.39 is 10.4 Å². The Balaban J connectivity index is 1.56. The number of hydrogen-bond donors (Lipinski definition) is 0. The molecule has 0 amide bonds. The summed E-state index contributed by atoms with van der Waals surface area (Å²) in [5.41, 5.74) is 10.1. The highest BCUT2D eigenvalue weighted by Gasteiger charge is 2.55. The smallest absolute Gasteiger partial charge is 0.0862 e. The van der Waals surface area contributed by atoms with Crippen LogP contribution in [0.25, 0.3) is 32.7 Å². The largest absolute Gasteiger partial charge is 0.276 e. The van der Waals surface area contributed by atoms with Crippen molar-refractivity contribution in [3.63, 3.8) is 0 Å². The van der Waals surface area contributed by atoms with Crippen LogP contribution in [0.15, 0.2) is 155 Å². The fourth-order valence-corrected chi connectivity index (χ4v) is 11.6. The molecule has 43 heavy (non-hydrogen) atoms. The average Bonchev–Trinajstić information content (AvgIpc) is 3.53. The van der Waals surface area contributed by atoms with E-state index in [0.29, 0.717) is 0 Å². The summed E-state index contributed by atoms with van der Waals surface area (Å²) in [6.07, 6.45) is 0. The summed E-state index contributed by atoms with van der Waals surface area (Å²) in [5.74, 6) is 0. The molecule has 0 bridgehead atoms. The molecule has 7 aromatic carbocycles. The molecule has 9 rings (SSSR count).